The molecular formula is C12H21N3O3. The topological polar surface area (TPSA) is 82.4 Å². The molecule has 0 aliphatic rings. The summed E-state index contributed by atoms with van der Waals surface area (Å²) in [7, 11) is 3.07. The van der Waals surface area contributed by atoms with Gasteiger partial charge in [0.2, 0.25) is 11.8 Å². The van der Waals surface area contributed by atoms with Crippen LogP contribution in [0.2, 0.25) is 0 Å². The molecule has 6 nitrogen and oxygen atoms in total. The van der Waals surface area contributed by atoms with Crippen LogP contribution in [0.1, 0.15) is 19.8 Å². The van der Waals surface area contributed by atoms with Gasteiger partial charge in [-0.15, -0.1) is 0 Å². The van der Waals surface area contributed by atoms with Gasteiger partial charge in [-0.05, 0) is 6.42 Å². The second kappa shape index (κ2) is 9.42. The molecule has 1 N–H and O–H groups in total. The van der Waals surface area contributed by atoms with Gasteiger partial charge in [0, 0.05) is 20.7 Å². The van der Waals surface area contributed by atoms with Crippen LogP contribution in [0.15, 0.2) is 0 Å². The number of carbonyl (C=O) groups is 2. The van der Waals surface area contributed by atoms with Crippen molar-refractivity contribution in [1.82, 2.24) is 10.2 Å². The van der Waals surface area contributed by atoms with E-state index >= 15 is 0 Å². The van der Waals surface area contributed by atoms with E-state index in [1.807, 2.05) is 13.0 Å². The lowest BCUT2D eigenvalue weighted by molar-refractivity contribution is -0.136. The van der Waals surface area contributed by atoms with E-state index in [2.05, 4.69) is 5.32 Å². The van der Waals surface area contributed by atoms with Crippen molar-refractivity contribution < 1.29 is 14.3 Å². The zero-order valence-electron chi connectivity index (χ0n) is 11.2. The number of nitrogens with one attached hydrogen (secondary N) is 1. The Kier molecular flexibility index (Phi) is 8.58. The molecule has 0 saturated heterocycles. The smallest absolute Gasteiger partial charge is 0.240 e. The first kappa shape index (κ1) is 16.4. The number of carbonyl (C=O) groups excluding carboxylic acids is 2. The van der Waals surface area contributed by atoms with Crippen molar-refractivity contribution in [3.63, 3.8) is 0 Å². The van der Waals surface area contributed by atoms with Crippen LogP contribution in [-0.2, 0) is 14.3 Å². The Hall–Kier alpha value is -1.61. The van der Waals surface area contributed by atoms with Gasteiger partial charge in [-0.1, -0.05) is 13.3 Å². The second-order valence-corrected chi connectivity index (χ2v) is 4.01. The molecule has 1 unspecified atom stereocenters. The summed E-state index contributed by atoms with van der Waals surface area (Å²) in [5.41, 5.74) is 0. The van der Waals surface area contributed by atoms with Crippen LogP contribution in [0.3, 0.4) is 0 Å². The maximum atomic E-state index is 11.8. The third-order valence-electron chi connectivity index (χ3n) is 2.42. The highest BCUT2D eigenvalue weighted by Crippen LogP contribution is 2.08. The Bertz CT molecular complexity index is 312. The lowest BCUT2D eigenvalue weighted by Crippen LogP contribution is -2.41. The van der Waals surface area contributed by atoms with Crippen LogP contribution in [0.4, 0.5) is 0 Å². The van der Waals surface area contributed by atoms with Crippen LogP contribution < -0.4 is 5.32 Å². The Balaban J connectivity index is 4.14. The quantitative estimate of drug-likeness (QED) is 0.626. The second-order valence-electron chi connectivity index (χ2n) is 4.01. The molecule has 0 spiro atoms. The molecule has 0 saturated carbocycles. The minimum Gasteiger partial charge on any atom is -0.383 e. The molecule has 2 amide bonds. The van der Waals surface area contributed by atoms with Gasteiger partial charge in [0.25, 0.3) is 0 Å². The van der Waals surface area contributed by atoms with E-state index in [9.17, 15) is 9.59 Å². The predicted octanol–water partition coefficient (Wildman–Crippen LogP) is 0.147. The molecule has 0 fully saturated rings. The number of likely N-dealkylation sites (N-methyl/N-ethyl adjacent to an activating group) is 1. The molecule has 6 heteroatoms. The van der Waals surface area contributed by atoms with Crippen molar-refractivity contribution in [2.75, 3.05) is 33.9 Å². The minimum absolute atomic E-state index is 0.0373. The zero-order chi connectivity index (χ0) is 14.0. The number of ether oxygens (including phenoxy) is 1. The molecule has 0 aliphatic heterocycles. The average molecular weight is 255 g/mol. The van der Waals surface area contributed by atoms with E-state index in [1.54, 1.807) is 7.11 Å². The molecule has 102 valence electrons. The van der Waals surface area contributed by atoms with Gasteiger partial charge in [0.1, 0.15) is 5.92 Å². The number of amides is 2. The van der Waals surface area contributed by atoms with E-state index in [0.717, 1.165) is 6.42 Å². The van der Waals surface area contributed by atoms with Crippen molar-refractivity contribution in [2.45, 2.75) is 19.8 Å². The number of nitrogens with zero attached hydrogens (tertiary/aromatic N) is 2. The molecule has 0 aliphatic carbocycles. The van der Waals surface area contributed by atoms with E-state index in [4.69, 9.17) is 10.00 Å². The highest BCUT2D eigenvalue weighted by atomic mass is 16.5. The van der Waals surface area contributed by atoms with Gasteiger partial charge in [-0.25, -0.2) is 0 Å². The largest absolute Gasteiger partial charge is 0.383 e. The molecule has 0 aromatic carbocycles. The fourth-order valence-electron chi connectivity index (χ4n) is 1.44. The summed E-state index contributed by atoms with van der Waals surface area (Å²) in [6, 6.07) is 1.97. The lowest BCUT2D eigenvalue weighted by atomic mass is 10.0. The third-order valence-corrected chi connectivity index (χ3v) is 2.42. The normalized spacial score (nSPS) is 11.4. The number of rotatable bonds is 8. The predicted molar refractivity (Wildman–Crippen MR) is 66.5 cm³/mol. The average Bonchev–Trinajstić information content (AvgIpc) is 2.35. The van der Waals surface area contributed by atoms with Gasteiger partial charge >= 0.3 is 0 Å². The fraction of sp³-hybridized carbons (Fsp3) is 0.750. The fourth-order valence-corrected chi connectivity index (χ4v) is 1.44. The number of nitriles is 1. The van der Waals surface area contributed by atoms with Crippen molar-refractivity contribution in [3.8, 4) is 6.07 Å². The Morgan fingerprint density at radius 1 is 1.50 bits per heavy atom. The first-order valence-electron chi connectivity index (χ1n) is 5.97. The first-order chi connectivity index (χ1) is 8.56. The van der Waals surface area contributed by atoms with Gasteiger partial charge in [0.05, 0.1) is 19.2 Å². The molecule has 0 bridgehead atoms. The van der Waals surface area contributed by atoms with E-state index in [0.29, 0.717) is 19.6 Å². The summed E-state index contributed by atoms with van der Waals surface area (Å²) in [5.74, 6) is -1.22. The van der Waals surface area contributed by atoms with Crippen molar-refractivity contribution in [1.29, 1.82) is 5.26 Å². The summed E-state index contributed by atoms with van der Waals surface area (Å²) in [5, 5.41) is 11.5. The summed E-state index contributed by atoms with van der Waals surface area (Å²) >= 11 is 0. The maximum Gasteiger partial charge on any atom is 0.240 e. The van der Waals surface area contributed by atoms with Crippen molar-refractivity contribution in [3.05, 3.63) is 0 Å². The van der Waals surface area contributed by atoms with Crippen LogP contribution >= 0.6 is 0 Å². The Morgan fingerprint density at radius 3 is 2.67 bits per heavy atom. The van der Waals surface area contributed by atoms with E-state index in [-0.39, 0.29) is 18.4 Å². The highest BCUT2D eigenvalue weighted by molar-refractivity contribution is 5.86. The molecule has 0 aromatic rings. The van der Waals surface area contributed by atoms with Crippen LogP contribution in [0.5, 0.6) is 0 Å². The summed E-state index contributed by atoms with van der Waals surface area (Å²) < 4.78 is 4.79. The van der Waals surface area contributed by atoms with E-state index < -0.39 is 5.92 Å². The monoisotopic (exact) mass is 255 g/mol. The highest BCUT2D eigenvalue weighted by Gasteiger charge is 2.22. The third kappa shape index (κ3) is 6.21. The zero-order valence-corrected chi connectivity index (χ0v) is 11.2. The molecule has 18 heavy (non-hydrogen) atoms. The van der Waals surface area contributed by atoms with Crippen LogP contribution in [0.25, 0.3) is 0 Å². The van der Waals surface area contributed by atoms with Crippen molar-refractivity contribution in [2.24, 2.45) is 5.92 Å². The van der Waals surface area contributed by atoms with Crippen LogP contribution in [-0.4, -0.2) is 50.6 Å². The molecule has 0 heterocycles. The Labute approximate surface area is 108 Å². The van der Waals surface area contributed by atoms with Gasteiger partial charge in [-0.2, -0.15) is 5.26 Å². The first-order valence-corrected chi connectivity index (χ1v) is 5.97. The lowest BCUT2D eigenvalue weighted by Gasteiger charge is -2.19. The SMILES string of the molecule is CCCC(C#N)C(=O)N(C)CC(=O)NCCOC. The molecule has 0 radical (unpaired) electrons. The standard InChI is InChI=1S/C12H21N3O3/c1-4-5-10(8-13)12(17)15(2)9-11(16)14-6-7-18-3/h10H,4-7,9H2,1-3H3,(H,14,16). The Morgan fingerprint density at radius 2 is 2.17 bits per heavy atom. The van der Waals surface area contributed by atoms with Gasteiger partial charge in [-0.3, -0.25) is 9.59 Å². The number of hydrogen-bond acceptors (Lipinski definition) is 4. The van der Waals surface area contributed by atoms with Gasteiger partial charge in [0.15, 0.2) is 0 Å². The molecule has 1 atom stereocenters. The summed E-state index contributed by atoms with van der Waals surface area (Å²) in [6.45, 7) is 2.72. The number of hydrogen-bond donors (Lipinski definition) is 1. The molecule has 0 aromatic heterocycles. The van der Waals surface area contributed by atoms with E-state index in [1.165, 1.54) is 11.9 Å². The molecule has 0 rings (SSSR count). The summed E-state index contributed by atoms with van der Waals surface area (Å²) in [6.07, 6.45) is 1.28. The van der Waals surface area contributed by atoms with Crippen molar-refractivity contribution >= 4 is 11.8 Å². The minimum atomic E-state index is -0.660. The van der Waals surface area contributed by atoms with Crippen LogP contribution in [0, 0.1) is 17.2 Å². The number of methoxy groups -OCH3 is 1. The summed E-state index contributed by atoms with van der Waals surface area (Å²) in [4.78, 5) is 24.6. The van der Waals surface area contributed by atoms with Gasteiger partial charge < -0.3 is 15.0 Å². The molecular weight excluding hydrogens is 234 g/mol. The maximum absolute atomic E-state index is 11.8.